The Bertz CT molecular complexity index is 2570. The summed E-state index contributed by atoms with van der Waals surface area (Å²) in [6.07, 6.45) is -6.48. The number of carboxylic acid groups (broad SMARTS) is 1. The molecule has 0 radical (unpaired) electrons. The molecule has 2 aliphatic heterocycles. The maximum atomic E-state index is 16.2. The molecule has 7 rings (SSSR count). The topological polar surface area (TPSA) is 282 Å². The summed E-state index contributed by atoms with van der Waals surface area (Å²) in [6, 6.07) is 10.5. The predicted molar refractivity (Wildman–Crippen MR) is 213 cm³/mol. The Balaban J connectivity index is 1.09. The van der Waals surface area contributed by atoms with Crippen LogP contribution in [0.25, 0.3) is 22.3 Å². The molecule has 6 heterocycles. The molecule has 0 bridgehead atoms. The lowest BCUT2D eigenvalue weighted by Crippen LogP contribution is -2.34. The molecule has 4 N–H and O–H groups in total. The first-order valence-electron chi connectivity index (χ1n) is 18.9. The van der Waals surface area contributed by atoms with Gasteiger partial charge in [-0.25, -0.2) is 29.1 Å². The Morgan fingerprint density at radius 1 is 1.07 bits per heavy atom. The Morgan fingerprint density at radius 3 is 2.54 bits per heavy atom. The van der Waals surface area contributed by atoms with E-state index in [4.69, 9.17) is 39.6 Å². The number of anilines is 2. The number of H-pyrrole nitrogens is 1. The van der Waals surface area contributed by atoms with E-state index in [0.717, 1.165) is 10.9 Å². The van der Waals surface area contributed by atoms with Crippen LogP contribution < -0.4 is 16.2 Å². The number of hydrogen-bond acceptors (Lipinski definition) is 17. The molecule has 0 aliphatic carbocycles. The lowest BCUT2D eigenvalue weighted by atomic mass is 10.1. The van der Waals surface area contributed by atoms with Crippen molar-refractivity contribution in [2.75, 3.05) is 23.8 Å². The Morgan fingerprint density at radius 2 is 1.82 bits per heavy atom. The first-order valence-corrected chi connectivity index (χ1v) is 21.4. The van der Waals surface area contributed by atoms with Gasteiger partial charge in [0, 0.05) is 17.9 Å². The molecule has 2 amide bonds. The van der Waals surface area contributed by atoms with Gasteiger partial charge >= 0.3 is 12.9 Å². The van der Waals surface area contributed by atoms with Gasteiger partial charge in [-0.2, -0.15) is 10.2 Å². The fourth-order valence-corrected chi connectivity index (χ4v) is 8.76. The molecule has 4 aromatic heterocycles. The highest BCUT2D eigenvalue weighted by molar-refractivity contribution is 8.07. The fraction of sp³-hybridized carbons (Fsp3) is 0.444. The van der Waals surface area contributed by atoms with E-state index < -0.39 is 79.9 Å². The first-order chi connectivity index (χ1) is 29.3. The summed E-state index contributed by atoms with van der Waals surface area (Å²) in [5, 5.41) is 24.0. The van der Waals surface area contributed by atoms with Gasteiger partial charge in [0.1, 0.15) is 18.7 Å². The van der Waals surface area contributed by atoms with E-state index >= 15 is 4.39 Å². The SMILES string of the molecule is CC[C@H]1O[C@@H](n2cnc3c(NC(=O)c4ccccc4)ncnc32)C[C@@H]1OP(=S)(OCCC#N)OC[C@H]1O[C@@H](n2cnc3c(=O)[nH]c(NC(=O)C(C)C)nc32)[C@H](OC(=O)O)[C@@H]1F. The molecule has 2 fully saturated rings. The van der Waals surface area contributed by atoms with E-state index in [9.17, 15) is 29.5 Å². The van der Waals surface area contributed by atoms with Crippen LogP contribution in [0.4, 0.5) is 21.0 Å². The Labute approximate surface area is 350 Å². The summed E-state index contributed by atoms with van der Waals surface area (Å²) in [6.45, 7) is 0.443. The number of aromatic nitrogens is 8. The number of rotatable bonds is 16. The number of hydrogen-bond donors (Lipinski definition) is 4. The van der Waals surface area contributed by atoms with Gasteiger partial charge in [0.2, 0.25) is 11.9 Å². The number of benzene rings is 1. The van der Waals surface area contributed by atoms with E-state index in [1.54, 1.807) is 48.7 Å². The van der Waals surface area contributed by atoms with E-state index in [0.29, 0.717) is 23.1 Å². The van der Waals surface area contributed by atoms with Crippen LogP contribution in [0.5, 0.6) is 0 Å². The minimum atomic E-state index is -3.85. The highest BCUT2D eigenvalue weighted by atomic mass is 32.5. The second kappa shape index (κ2) is 18.4. The first kappa shape index (κ1) is 43.3. The molecule has 1 aromatic carbocycles. The average molecular weight is 884 g/mol. The summed E-state index contributed by atoms with van der Waals surface area (Å²) in [5.41, 5.74) is -0.0164. The monoisotopic (exact) mass is 883 g/mol. The van der Waals surface area contributed by atoms with E-state index in [-0.39, 0.29) is 48.3 Å². The molecule has 0 saturated carbocycles. The smallest absolute Gasteiger partial charge is 0.450 e. The van der Waals surface area contributed by atoms with Gasteiger partial charge in [0.15, 0.2) is 46.6 Å². The summed E-state index contributed by atoms with van der Waals surface area (Å²) in [5.74, 6) is -1.34. The molecule has 25 heteroatoms. The third-order valence-electron chi connectivity index (χ3n) is 9.62. The van der Waals surface area contributed by atoms with Crippen molar-refractivity contribution in [2.24, 2.45) is 5.92 Å². The molecule has 22 nitrogen and oxygen atoms in total. The highest BCUT2D eigenvalue weighted by Gasteiger charge is 2.50. The van der Waals surface area contributed by atoms with Gasteiger partial charge in [-0.05, 0) is 30.4 Å². The second-order valence-electron chi connectivity index (χ2n) is 14.0. The van der Waals surface area contributed by atoms with Gasteiger partial charge in [0.05, 0.1) is 50.6 Å². The molecule has 2 aliphatic rings. The molecular formula is C36H39FN11O11PS. The van der Waals surface area contributed by atoms with Gasteiger partial charge in [-0.1, -0.05) is 39.0 Å². The summed E-state index contributed by atoms with van der Waals surface area (Å²) >= 11 is 5.79. The van der Waals surface area contributed by atoms with Crippen LogP contribution >= 0.6 is 6.72 Å². The van der Waals surface area contributed by atoms with E-state index in [2.05, 4.69) is 40.5 Å². The van der Waals surface area contributed by atoms with Crippen LogP contribution in [0.3, 0.4) is 0 Å². The minimum absolute atomic E-state index is 0.0856. The largest absolute Gasteiger partial charge is 0.506 e. The summed E-state index contributed by atoms with van der Waals surface area (Å²) in [7, 11) is 0. The third kappa shape index (κ3) is 9.42. The van der Waals surface area contributed by atoms with Crippen LogP contribution in [-0.2, 0) is 44.4 Å². The highest BCUT2D eigenvalue weighted by Crippen LogP contribution is 2.54. The number of halogens is 1. The minimum Gasteiger partial charge on any atom is -0.450 e. The average Bonchev–Trinajstić information content (AvgIpc) is 4.02. The summed E-state index contributed by atoms with van der Waals surface area (Å²) in [4.78, 5) is 73.6. The van der Waals surface area contributed by atoms with Crippen molar-refractivity contribution in [3.8, 4) is 6.07 Å². The zero-order valence-electron chi connectivity index (χ0n) is 32.6. The van der Waals surface area contributed by atoms with E-state index in [1.807, 2.05) is 13.0 Å². The number of fused-ring (bicyclic) bond motifs is 2. The van der Waals surface area contributed by atoms with Gasteiger partial charge in [-0.15, -0.1) is 0 Å². The lowest BCUT2D eigenvalue weighted by Gasteiger charge is -2.27. The Hall–Kier alpha value is -5.80. The number of carbonyl (C=O) groups is 3. The zero-order valence-corrected chi connectivity index (χ0v) is 34.3. The number of alkyl halides is 1. The molecule has 61 heavy (non-hydrogen) atoms. The lowest BCUT2D eigenvalue weighted by molar-refractivity contribution is -0.118. The molecule has 322 valence electrons. The van der Waals surface area contributed by atoms with Crippen molar-refractivity contribution >= 4 is 70.6 Å². The van der Waals surface area contributed by atoms with Crippen LogP contribution in [-0.4, -0.2) is 106 Å². The number of amides is 2. The van der Waals surface area contributed by atoms with Crippen molar-refractivity contribution in [3.05, 3.63) is 65.2 Å². The van der Waals surface area contributed by atoms with E-state index in [1.165, 1.54) is 12.7 Å². The number of aromatic amines is 1. The third-order valence-corrected chi connectivity index (χ3v) is 12.0. The predicted octanol–water partition coefficient (Wildman–Crippen LogP) is 4.36. The number of nitrogens with one attached hydrogen (secondary N) is 3. The quantitative estimate of drug-likeness (QED) is 0.0608. The van der Waals surface area contributed by atoms with Crippen LogP contribution in [0.2, 0.25) is 0 Å². The summed E-state index contributed by atoms with van der Waals surface area (Å²) < 4.78 is 54.5. The van der Waals surface area contributed by atoms with Crippen LogP contribution in [0, 0.1) is 17.2 Å². The number of ether oxygens (including phenoxy) is 3. The van der Waals surface area contributed by atoms with Crippen molar-refractivity contribution in [3.63, 3.8) is 0 Å². The molecule has 8 atom stereocenters. The number of imidazole rings is 2. The molecule has 0 spiro atoms. The van der Waals surface area contributed by atoms with Gasteiger partial charge < -0.3 is 38.2 Å². The fourth-order valence-electron chi connectivity index (χ4n) is 6.63. The maximum absolute atomic E-state index is 16.2. The van der Waals surface area contributed by atoms with Crippen LogP contribution in [0.15, 0.2) is 54.1 Å². The van der Waals surface area contributed by atoms with Crippen molar-refractivity contribution in [2.45, 2.75) is 83.1 Å². The molecule has 2 saturated heterocycles. The van der Waals surface area contributed by atoms with Gasteiger partial charge in [-0.3, -0.25) is 33.8 Å². The van der Waals surface area contributed by atoms with Gasteiger partial charge in [0.25, 0.3) is 11.5 Å². The Kier molecular flexibility index (Phi) is 13.1. The number of carbonyl (C=O) groups excluding carboxylic acids is 2. The standard InChI is InChI=1S/C36H39FN11O11PS/c1-4-20-21(13-23(56-20)47-16-41-25-28(39-15-40-29(25)47)43-32(50)19-9-6-5-7-10-19)59-60(61,54-12-8-11-38)55-14-22-24(37)27(58-36(52)53)34(57-22)48-17-42-26-30(48)44-35(46-33(26)51)45-31(49)18(2)3/h5-7,9-10,15-18,20-24,27,34H,4,8,12-14H2,1-3H3,(H,52,53)(H,39,40,43,50)(H2,44,45,46,49,51)/t20-,21+,22-,23-,24-,27-,34-,60?/m1/s1. The molecule has 5 aromatic rings. The number of nitrogens with zero attached hydrogens (tertiary/aromatic N) is 8. The van der Waals surface area contributed by atoms with Crippen molar-refractivity contribution in [1.29, 1.82) is 5.26 Å². The zero-order chi connectivity index (χ0) is 43.4. The van der Waals surface area contributed by atoms with Crippen LogP contribution in [0.1, 0.15) is 62.8 Å². The second-order valence-corrected chi connectivity index (χ2v) is 17.0. The number of nitriles is 1. The molecule has 1 unspecified atom stereocenters. The molecular weight excluding hydrogens is 845 g/mol. The van der Waals surface area contributed by atoms with Crippen molar-refractivity contribution < 1.29 is 51.7 Å². The van der Waals surface area contributed by atoms with Crippen molar-refractivity contribution in [1.82, 2.24) is 39.0 Å². The normalized spacial score (nSPS) is 23.5. The maximum Gasteiger partial charge on any atom is 0.506 e.